The molecule has 0 amide bonds. The molecule has 0 aliphatic rings. The van der Waals surface area contributed by atoms with Crippen LogP contribution < -0.4 is 4.74 Å². The third-order valence-electron chi connectivity index (χ3n) is 2.22. The summed E-state index contributed by atoms with van der Waals surface area (Å²) in [6.45, 7) is 0.360. The van der Waals surface area contributed by atoms with Crippen LogP contribution in [0.1, 0.15) is 15.2 Å². The third-order valence-corrected chi connectivity index (χ3v) is 4.79. The standard InChI is InChI=1S/C12H8BrIO3S/c13-9-3-4-18-11(9)6-17-10-2-1-7(14)5-8(10)12(15)16/h1-5H,6H2,(H,15,16). The van der Waals surface area contributed by atoms with Crippen LogP contribution in [-0.4, -0.2) is 11.1 Å². The molecule has 0 aliphatic heterocycles. The van der Waals surface area contributed by atoms with Gasteiger partial charge in [0.25, 0.3) is 0 Å². The largest absolute Gasteiger partial charge is 0.487 e. The van der Waals surface area contributed by atoms with Crippen molar-refractivity contribution < 1.29 is 14.6 Å². The molecule has 2 aromatic rings. The number of carbonyl (C=O) groups is 1. The maximum atomic E-state index is 11.1. The van der Waals surface area contributed by atoms with E-state index in [9.17, 15) is 4.79 Å². The molecule has 1 aromatic carbocycles. The molecule has 1 heterocycles. The lowest BCUT2D eigenvalue weighted by molar-refractivity contribution is 0.0691. The number of carboxylic acids is 1. The normalized spacial score (nSPS) is 10.3. The first-order valence-corrected chi connectivity index (χ1v) is 7.70. The minimum atomic E-state index is -0.978. The molecule has 0 bridgehead atoms. The topological polar surface area (TPSA) is 46.5 Å². The summed E-state index contributed by atoms with van der Waals surface area (Å²) in [5.74, 6) is -0.586. The van der Waals surface area contributed by atoms with Crippen LogP contribution in [0.3, 0.4) is 0 Å². The first-order chi connectivity index (χ1) is 8.58. The van der Waals surface area contributed by atoms with E-state index in [1.165, 1.54) is 0 Å². The van der Waals surface area contributed by atoms with E-state index in [0.717, 1.165) is 12.9 Å². The Morgan fingerprint density at radius 2 is 2.22 bits per heavy atom. The molecule has 1 N–H and O–H groups in total. The Labute approximate surface area is 130 Å². The van der Waals surface area contributed by atoms with Gasteiger partial charge in [-0.05, 0) is 68.2 Å². The van der Waals surface area contributed by atoms with Gasteiger partial charge in [0.1, 0.15) is 17.9 Å². The van der Waals surface area contributed by atoms with E-state index in [0.29, 0.717) is 12.4 Å². The molecule has 0 saturated heterocycles. The van der Waals surface area contributed by atoms with Crippen molar-refractivity contribution in [3.63, 3.8) is 0 Å². The van der Waals surface area contributed by atoms with Gasteiger partial charge in [-0.2, -0.15) is 0 Å². The van der Waals surface area contributed by atoms with Crippen LogP contribution in [0.2, 0.25) is 0 Å². The number of halogens is 2. The zero-order valence-electron chi connectivity index (χ0n) is 9.02. The van der Waals surface area contributed by atoms with Gasteiger partial charge in [0, 0.05) is 8.04 Å². The van der Waals surface area contributed by atoms with E-state index in [4.69, 9.17) is 9.84 Å². The molecule has 0 aliphatic carbocycles. The van der Waals surface area contributed by atoms with Gasteiger partial charge in [0.05, 0.1) is 4.88 Å². The molecule has 2 rings (SSSR count). The third kappa shape index (κ3) is 3.24. The van der Waals surface area contributed by atoms with E-state index in [1.54, 1.807) is 23.5 Å². The van der Waals surface area contributed by atoms with Crippen molar-refractivity contribution >= 4 is 55.8 Å². The highest BCUT2D eigenvalue weighted by Gasteiger charge is 2.12. The summed E-state index contributed by atoms with van der Waals surface area (Å²) in [7, 11) is 0. The Balaban J connectivity index is 2.19. The number of rotatable bonds is 4. The van der Waals surface area contributed by atoms with E-state index in [2.05, 4.69) is 38.5 Å². The smallest absolute Gasteiger partial charge is 0.339 e. The van der Waals surface area contributed by atoms with E-state index < -0.39 is 5.97 Å². The van der Waals surface area contributed by atoms with Crippen molar-refractivity contribution in [3.05, 3.63) is 48.1 Å². The number of hydrogen-bond donors (Lipinski definition) is 1. The summed E-state index contributed by atoms with van der Waals surface area (Å²) >= 11 is 7.05. The van der Waals surface area contributed by atoms with E-state index in [-0.39, 0.29) is 5.56 Å². The molecule has 0 radical (unpaired) electrons. The highest BCUT2D eigenvalue weighted by Crippen LogP contribution is 2.26. The van der Waals surface area contributed by atoms with Gasteiger partial charge >= 0.3 is 5.97 Å². The Morgan fingerprint density at radius 3 is 2.83 bits per heavy atom. The second-order valence-corrected chi connectivity index (χ2v) is 6.53. The molecular formula is C12H8BrIO3S. The predicted octanol–water partition coefficient (Wildman–Crippen LogP) is 4.39. The molecule has 18 heavy (non-hydrogen) atoms. The van der Waals surface area contributed by atoms with Gasteiger partial charge in [-0.3, -0.25) is 0 Å². The summed E-state index contributed by atoms with van der Waals surface area (Å²) in [4.78, 5) is 12.1. The fraction of sp³-hybridized carbons (Fsp3) is 0.0833. The summed E-state index contributed by atoms with van der Waals surface area (Å²) < 4.78 is 7.43. The van der Waals surface area contributed by atoms with Crippen LogP contribution in [0.25, 0.3) is 0 Å². The lowest BCUT2D eigenvalue weighted by Crippen LogP contribution is -2.03. The summed E-state index contributed by atoms with van der Waals surface area (Å²) in [6.07, 6.45) is 0. The van der Waals surface area contributed by atoms with E-state index >= 15 is 0 Å². The fourth-order valence-electron chi connectivity index (χ4n) is 1.37. The Hall–Kier alpha value is -0.600. The Bertz CT molecular complexity index is 582. The number of thiophene rings is 1. The molecule has 6 heteroatoms. The second kappa shape index (κ2) is 6.03. The van der Waals surface area contributed by atoms with Gasteiger partial charge in [-0.1, -0.05) is 0 Å². The number of benzene rings is 1. The van der Waals surface area contributed by atoms with Crippen molar-refractivity contribution in [2.75, 3.05) is 0 Å². The van der Waals surface area contributed by atoms with Crippen molar-refractivity contribution in [2.24, 2.45) is 0 Å². The van der Waals surface area contributed by atoms with Gasteiger partial charge in [0.15, 0.2) is 0 Å². The number of carboxylic acid groups (broad SMARTS) is 1. The van der Waals surface area contributed by atoms with Gasteiger partial charge in [-0.15, -0.1) is 11.3 Å². The quantitative estimate of drug-likeness (QED) is 0.720. The fourth-order valence-corrected chi connectivity index (χ4v) is 3.24. The first-order valence-electron chi connectivity index (χ1n) is 4.95. The highest BCUT2D eigenvalue weighted by atomic mass is 127. The molecular weight excluding hydrogens is 431 g/mol. The van der Waals surface area contributed by atoms with Crippen LogP contribution in [0, 0.1) is 3.57 Å². The number of aromatic carboxylic acids is 1. The summed E-state index contributed by atoms with van der Waals surface area (Å²) in [5.41, 5.74) is 0.189. The lowest BCUT2D eigenvalue weighted by atomic mass is 10.2. The lowest BCUT2D eigenvalue weighted by Gasteiger charge is -2.08. The first kappa shape index (κ1) is 13.8. The number of ether oxygens (including phenoxy) is 1. The molecule has 0 atom stereocenters. The zero-order chi connectivity index (χ0) is 13.1. The van der Waals surface area contributed by atoms with Crippen LogP contribution in [0.15, 0.2) is 34.1 Å². The summed E-state index contributed by atoms with van der Waals surface area (Å²) in [6, 6.07) is 7.05. The van der Waals surface area contributed by atoms with Crippen LogP contribution in [0.4, 0.5) is 0 Å². The van der Waals surface area contributed by atoms with Gasteiger partial charge in [-0.25, -0.2) is 4.79 Å². The maximum absolute atomic E-state index is 11.1. The molecule has 3 nitrogen and oxygen atoms in total. The minimum Gasteiger partial charge on any atom is -0.487 e. The average molecular weight is 439 g/mol. The van der Waals surface area contributed by atoms with Crippen molar-refractivity contribution in [1.82, 2.24) is 0 Å². The SMILES string of the molecule is O=C(O)c1cc(I)ccc1OCc1sccc1Br. The maximum Gasteiger partial charge on any atom is 0.339 e. The average Bonchev–Trinajstić information content (AvgIpc) is 2.73. The summed E-state index contributed by atoms with van der Waals surface area (Å²) in [5, 5.41) is 11.1. The molecule has 0 fully saturated rings. The van der Waals surface area contributed by atoms with Crippen molar-refractivity contribution in [3.8, 4) is 5.75 Å². The van der Waals surface area contributed by atoms with E-state index in [1.807, 2.05) is 17.5 Å². The van der Waals surface area contributed by atoms with Crippen LogP contribution >= 0.6 is 49.9 Å². The van der Waals surface area contributed by atoms with Gasteiger partial charge < -0.3 is 9.84 Å². The molecule has 0 spiro atoms. The molecule has 1 aromatic heterocycles. The Kier molecular flexibility index (Phi) is 4.63. The molecule has 0 unspecified atom stereocenters. The molecule has 0 saturated carbocycles. The predicted molar refractivity (Wildman–Crippen MR) is 82.5 cm³/mol. The Morgan fingerprint density at radius 1 is 1.44 bits per heavy atom. The van der Waals surface area contributed by atoms with Crippen molar-refractivity contribution in [1.29, 1.82) is 0 Å². The number of hydrogen-bond acceptors (Lipinski definition) is 3. The zero-order valence-corrected chi connectivity index (χ0v) is 13.6. The highest BCUT2D eigenvalue weighted by molar-refractivity contribution is 14.1. The second-order valence-electron chi connectivity index (χ2n) is 3.43. The van der Waals surface area contributed by atoms with Gasteiger partial charge in [0.2, 0.25) is 0 Å². The molecule has 94 valence electrons. The van der Waals surface area contributed by atoms with Crippen LogP contribution in [0.5, 0.6) is 5.75 Å². The monoisotopic (exact) mass is 438 g/mol. The minimum absolute atomic E-state index is 0.189. The van der Waals surface area contributed by atoms with Crippen molar-refractivity contribution in [2.45, 2.75) is 6.61 Å². The van der Waals surface area contributed by atoms with Crippen LogP contribution in [-0.2, 0) is 6.61 Å².